The molecule has 0 radical (unpaired) electrons. The van der Waals surface area contributed by atoms with Crippen LogP contribution < -0.4 is 15.2 Å². The molecular formula is C16H18N2O2S. The average Bonchev–Trinajstić information content (AvgIpc) is 2.46. The predicted molar refractivity (Wildman–Crippen MR) is 86.8 cm³/mol. The molecule has 0 amide bonds. The van der Waals surface area contributed by atoms with Gasteiger partial charge in [0.25, 0.3) is 0 Å². The standard InChI is InChI=1S/C16H18N2O2S/c1-3-19-15-9-12(16(17)21)7-8-14(15)20-10-13-6-4-5-11(2)18-13/h4-9H,3,10H2,1-2H3,(H2,17,21). The highest BCUT2D eigenvalue weighted by Crippen LogP contribution is 2.29. The van der Waals surface area contributed by atoms with Gasteiger partial charge < -0.3 is 15.2 Å². The Hall–Kier alpha value is -2.14. The lowest BCUT2D eigenvalue weighted by atomic mass is 10.2. The molecule has 1 aromatic carbocycles. The summed E-state index contributed by atoms with van der Waals surface area (Å²) in [6, 6.07) is 11.3. The molecule has 0 unspecified atom stereocenters. The number of nitrogens with two attached hydrogens (primary N) is 1. The van der Waals surface area contributed by atoms with E-state index in [4.69, 9.17) is 27.4 Å². The first-order chi connectivity index (χ1) is 10.1. The van der Waals surface area contributed by atoms with E-state index in [9.17, 15) is 0 Å². The van der Waals surface area contributed by atoms with Crippen LogP contribution in [-0.4, -0.2) is 16.6 Å². The summed E-state index contributed by atoms with van der Waals surface area (Å²) in [5.41, 5.74) is 8.23. The first-order valence-electron chi connectivity index (χ1n) is 6.72. The molecule has 1 aromatic heterocycles. The quantitative estimate of drug-likeness (QED) is 0.831. The van der Waals surface area contributed by atoms with Crippen molar-refractivity contribution in [2.75, 3.05) is 6.61 Å². The van der Waals surface area contributed by atoms with Gasteiger partial charge in [-0.05, 0) is 44.2 Å². The molecular weight excluding hydrogens is 284 g/mol. The van der Waals surface area contributed by atoms with Crippen LogP contribution in [0.4, 0.5) is 0 Å². The number of hydrogen-bond donors (Lipinski definition) is 1. The third-order valence-electron chi connectivity index (χ3n) is 2.85. The summed E-state index contributed by atoms with van der Waals surface area (Å²) >= 11 is 4.98. The molecule has 5 heteroatoms. The lowest BCUT2D eigenvalue weighted by molar-refractivity contribution is 0.266. The van der Waals surface area contributed by atoms with Crippen molar-refractivity contribution in [1.82, 2.24) is 4.98 Å². The number of aromatic nitrogens is 1. The van der Waals surface area contributed by atoms with Crippen molar-refractivity contribution in [2.24, 2.45) is 5.73 Å². The number of nitrogens with zero attached hydrogens (tertiary/aromatic N) is 1. The molecule has 1 heterocycles. The van der Waals surface area contributed by atoms with E-state index in [2.05, 4.69) is 4.98 Å². The Balaban J connectivity index is 2.16. The predicted octanol–water partition coefficient (Wildman–Crippen LogP) is 3.00. The van der Waals surface area contributed by atoms with Crippen LogP contribution in [0, 0.1) is 6.92 Å². The second-order valence-corrected chi connectivity index (χ2v) is 4.96. The van der Waals surface area contributed by atoms with E-state index < -0.39 is 0 Å². The molecule has 2 rings (SSSR count). The Morgan fingerprint density at radius 1 is 1.19 bits per heavy atom. The number of pyridine rings is 1. The number of benzene rings is 1. The largest absolute Gasteiger partial charge is 0.490 e. The number of rotatable bonds is 6. The van der Waals surface area contributed by atoms with Gasteiger partial charge >= 0.3 is 0 Å². The normalized spacial score (nSPS) is 10.2. The van der Waals surface area contributed by atoms with Gasteiger partial charge in [0.15, 0.2) is 11.5 Å². The van der Waals surface area contributed by atoms with Gasteiger partial charge in [0.1, 0.15) is 11.6 Å². The van der Waals surface area contributed by atoms with Gasteiger partial charge in [0.2, 0.25) is 0 Å². The second-order valence-electron chi connectivity index (χ2n) is 4.52. The van der Waals surface area contributed by atoms with Crippen molar-refractivity contribution in [3.63, 3.8) is 0 Å². The van der Waals surface area contributed by atoms with E-state index in [0.717, 1.165) is 17.0 Å². The van der Waals surface area contributed by atoms with Crippen molar-refractivity contribution in [2.45, 2.75) is 20.5 Å². The van der Waals surface area contributed by atoms with Gasteiger partial charge in [-0.1, -0.05) is 18.3 Å². The summed E-state index contributed by atoms with van der Waals surface area (Å²) < 4.78 is 11.4. The zero-order chi connectivity index (χ0) is 15.2. The molecule has 0 fully saturated rings. The van der Waals surface area contributed by atoms with E-state index in [0.29, 0.717) is 29.7 Å². The summed E-state index contributed by atoms with van der Waals surface area (Å²) in [7, 11) is 0. The molecule has 2 N–H and O–H groups in total. The topological polar surface area (TPSA) is 57.4 Å². The summed E-state index contributed by atoms with van der Waals surface area (Å²) in [5.74, 6) is 1.29. The fourth-order valence-corrected chi connectivity index (χ4v) is 2.01. The SMILES string of the molecule is CCOc1cc(C(N)=S)ccc1OCc1cccc(C)n1. The lowest BCUT2D eigenvalue weighted by Crippen LogP contribution is -2.10. The summed E-state index contributed by atoms with van der Waals surface area (Å²) in [6.07, 6.45) is 0. The molecule has 0 spiro atoms. The molecule has 0 aliphatic carbocycles. The molecule has 0 saturated heterocycles. The Morgan fingerprint density at radius 3 is 2.67 bits per heavy atom. The third-order valence-corrected chi connectivity index (χ3v) is 3.09. The van der Waals surface area contributed by atoms with Crippen LogP contribution in [0.2, 0.25) is 0 Å². The summed E-state index contributed by atoms with van der Waals surface area (Å²) in [4.78, 5) is 4.74. The minimum atomic E-state index is 0.336. The molecule has 0 aliphatic heterocycles. The van der Waals surface area contributed by atoms with Crippen molar-refractivity contribution >= 4 is 17.2 Å². The van der Waals surface area contributed by atoms with E-state index in [1.54, 1.807) is 6.07 Å². The summed E-state index contributed by atoms with van der Waals surface area (Å²) in [6.45, 7) is 4.79. The van der Waals surface area contributed by atoms with Gasteiger partial charge in [-0.2, -0.15) is 0 Å². The first-order valence-corrected chi connectivity index (χ1v) is 7.13. The highest BCUT2D eigenvalue weighted by molar-refractivity contribution is 7.80. The number of ether oxygens (including phenoxy) is 2. The van der Waals surface area contributed by atoms with Gasteiger partial charge in [0.05, 0.1) is 12.3 Å². The van der Waals surface area contributed by atoms with Crippen molar-refractivity contribution in [3.05, 3.63) is 53.3 Å². The zero-order valence-electron chi connectivity index (χ0n) is 12.1. The highest BCUT2D eigenvalue weighted by atomic mass is 32.1. The maximum Gasteiger partial charge on any atom is 0.161 e. The molecule has 2 aromatic rings. The number of aryl methyl sites for hydroxylation is 1. The van der Waals surface area contributed by atoms with Gasteiger partial charge in [-0.25, -0.2) is 0 Å². The summed E-state index contributed by atoms with van der Waals surface area (Å²) in [5, 5.41) is 0. The second kappa shape index (κ2) is 7.04. The van der Waals surface area contributed by atoms with Gasteiger partial charge in [-0.3, -0.25) is 4.98 Å². The third kappa shape index (κ3) is 4.16. The van der Waals surface area contributed by atoms with Gasteiger partial charge in [0, 0.05) is 11.3 Å². The van der Waals surface area contributed by atoms with E-state index >= 15 is 0 Å². The smallest absolute Gasteiger partial charge is 0.161 e. The number of hydrogen-bond acceptors (Lipinski definition) is 4. The average molecular weight is 302 g/mol. The van der Waals surface area contributed by atoms with Crippen LogP contribution in [0.25, 0.3) is 0 Å². The maximum absolute atomic E-state index is 5.79. The Bertz CT molecular complexity index is 644. The molecule has 0 saturated carbocycles. The fraction of sp³-hybridized carbons (Fsp3) is 0.250. The zero-order valence-corrected chi connectivity index (χ0v) is 12.9. The van der Waals surface area contributed by atoms with Crippen molar-refractivity contribution in [3.8, 4) is 11.5 Å². The Morgan fingerprint density at radius 2 is 2.00 bits per heavy atom. The fourth-order valence-electron chi connectivity index (χ4n) is 1.88. The molecule has 0 aliphatic rings. The Labute approximate surface area is 129 Å². The first kappa shape index (κ1) is 15.3. The molecule has 110 valence electrons. The van der Waals surface area contributed by atoms with Crippen molar-refractivity contribution in [1.29, 1.82) is 0 Å². The Kier molecular flexibility index (Phi) is 5.11. The van der Waals surface area contributed by atoms with E-state index in [1.807, 2.05) is 44.2 Å². The monoisotopic (exact) mass is 302 g/mol. The maximum atomic E-state index is 5.79. The van der Waals surface area contributed by atoms with Crippen LogP contribution in [0.15, 0.2) is 36.4 Å². The van der Waals surface area contributed by atoms with Crippen LogP contribution in [0.5, 0.6) is 11.5 Å². The molecule has 0 bridgehead atoms. The van der Waals surface area contributed by atoms with Crippen LogP contribution in [-0.2, 0) is 6.61 Å². The highest BCUT2D eigenvalue weighted by Gasteiger charge is 2.08. The molecule has 21 heavy (non-hydrogen) atoms. The number of thiocarbonyl (C=S) groups is 1. The van der Waals surface area contributed by atoms with Crippen molar-refractivity contribution < 1.29 is 9.47 Å². The van der Waals surface area contributed by atoms with Crippen LogP contribution >= 0.6 is 12.2 Å². The molecule has 0 atom stereocenters. The minimum absolute atomic E-state index is 0.336. The molecule has 4 nitrogen and oxygen atoms in total. The van der Waals surface area contributed by atoms with Crippen LogP contribution in [0.1, 0.15) is 23.9 Å². The minimum Gasteiger partial charge on any atom is -0.490 e. The van der Waals surface area contributed by atoms with E-state index in [-0.39, 0.29) is 0 Å². The lowest BCUT2D eigenvalue weighted by Gasteiger charge is -2.13. The van der Waals surface area contributed by atoms with Crippen LogP contribution in [0.3, 0.4) is 0 Å². The van der Waals surface area contributed by atoms with Gasteiger partial charge in [-0.15, -0.1) is 0 Å². The van der Waals surface area contributed by atoms with E-state index in [1.165, 1.54) is 0 Å².